The third-order valence-corrected chi connectivity index (χ3v) is 6.12. The van der Waals surface area contributed by atoms with Crippen LogP contribution in [0.1, 0.15) is 48.1 Å². The van der Waals surface area contributed by atoms with Gasteiger partial charge in [-0.1, -0.05) is 25.9 Å². The first kappa shape index (κ1) is 25.3. The van der Waals surface area contributed by atoms with Gasteiger partial charge in [0.15, 0.2) is 17.2 Å². The van der Waals surface area contributed by atoms with Crippen LogP contribution in [-0.4, -0.2) is 55.0 Å². The van der Waals surface area contributed by atoms with E-state index in [1.54, 1.807) is 27.7 Å². The van der Waals surface area contributed by atoms with E-state index in [1.807, 2.05) is 20.8 Å². The first-order valence-electron chi connectivity index (χ1n) is 10.6. The molecule has 14 nitrogen and oxygen atoms in total. The van der Waals surface area contributed by atoms with Crippen LogP contribution >= 0.6 is 0 Å². The summed E-state index contributed by atoms with van der Waals surface area (Å²) in [6.45, 7) is 5.71. The van der Waals surface area contributed by atoms with Gasteiger partial charge >= 0.3 is 0 Å². The number of hydrazine groups is 1. The van der Waals surface area contributed by atoms with Crippen LogP contribution in [0, 0.1) is 0 Å². The van der Waals surface area contributed by atoms with Gasteiger partial charge in [0, 0.05) is 23.4 Å². The number of pyridine rings is 1. The number of aliphatic hydroxyl groups is 1. The van der Waals surface area contributed by atoms with Gasteiger partial charge in [0.2, 0.25) is 21.7 Å². The Hall–Kier alpha value is -3.79. The molecule has 0 aliphatic heterocycles. The predicted octanol–water partition coefficient (Wildman–Crippen LogP) is 0.519. The fourth-order valence-electron chi connectivity index (χ4n) is 3.44. The summed E-state index contributed by atoms with van der Waals surface area (Å²) in [5, 5.41) is 26.0. The molecular weight excluding hydrogens is 492 g/mol. The van der Waals surface area contributed by atoms with Crippen molar-refractivity contribution in [2.75, 3.05) is 5.75 Å². The van der Waals surface area contributed by atoms with Crippen molar-refractivity contribution < 1.29 is 27.6 Å². The zero-order valence-corrected chi connectivity index (χ0v) is 20.5. The molecule has 15 heteroatoms. The summed E-state index contributed by atoms with van der Waals surface area (Å²) in [6.07, 6.45) is 2.84. The van der Waals surface area contributed by atoms with Crippen molar-refractivity contribution >= 4 is 21.3 Å². The van der Waals surface area contributed by atoms with Gasteiger partial charge in [0.25, 0.3) is 0 Å². The maximum Gasteiger partial charge on any atom is 0.238 e. The Bertz CT molecular complexity index is 1510. The van der Waals surface area contributed by atoms with Crippen LogP contribution < -0.4 is 15.4 Å². The lowest BCUT2D eigenvalue weighted by atomic mass is 9.88. The number of hydrogen-bond acceptors (Lipinski definition) is 12. The van der Waals surface area contributed by atoms with Gasteiger partial charge < -0.3 is 14.4 Å². The van der Waals surface area contributed by atoms with Crippen LogP contribution in [-0.2, 0) is 28.7 Å². The second kappa shape index (κ2) is 9.69. The van der Waals surface area contributed by atoms with Crippen molar-refractivity contribution in [3.05, 3.63) is 53.2 Å². The first-order valence-corrected chi connectivity index (χ1v) is 12.3. The van der Waals surface area contributed by atoms with Gasteiger partial charge in [-0.3, -0.25) is 15.6 Å². The van der Waals surface area contributed by atoms with E-state index in [4.69, 9.17) is 15.1 Å². The van der Waals surface area contributed by atoms with Crippen molar-refractivity contribution in [3.63, 3.8) is 0 Å². The SMILES string of the molecule is CC(C)(C)c1c(OCc2ccc(C(=O)CS(=O)(=O)NN)cn2)nn2c(-c3cc(CO)on3)nncc12. The Morgan fingerprint density at radius 3 is 2.67 bits per heavy atom. The maximum absolute atomic E-state index is 12.1. The molecule has 0 fully saturated rings. The molecule has 4 N–H and O–H groups in total. The number of nitrogens with two attached hydrogens (primary N) is 1. The molecule has 0 saturated carbocycles. The molecule has 0 unspecified atom stereocenters. The zero-order chi connectivity index (χ0) is 26.1. The summed E-state index contributed by atoms with van der Waals surface area (Å²) < 4.78 is 35.6. The minimum atomic E-state index is -3.90. The summed E-state index contributed by atoms with van der Waals surface area (Å²) in [7, 11) is -3.90. The van der Waals surface area contributed by atoms with Gasteiger partial charge in [-0.15, -0.1) is 10.2 Å². The summed E-state index contributed by atoms with van der Waals surface area (Å²) in [5.74, 6) is 4.39. The number of Topliss-reactive ketones (excluding diaryl/α,β-unsaturated/α-hetero) is 1. The Labute approximate surface area is 205 Å². The van der Waals surface area contributed by atoms with Crippen LogP contribution in [0.2, 0.25) is 0 Å². The molecule has 4 heterocycles. The van der Waals surface area contributed by atoms with E-state index < -0.39 is 21.6 Å². The van der Waals surface area contributed by atoms with E-state index >= 15 is 0 Å². The number of rotatable bonds is 9. The van der Waals surface area contributed by atoms with E-state index in [1.165, 1.54) is 12.3 Å². The average Bonchev–Trinajstić information content (AvgIpc) is 3.47. The minimum Gasteiger partial charge on any atom is -0.470 e. The zero-order valence-electron chi connectivity index (χ0n) is 19.7. The van der Waals surface area contributed by atoms with Crippen molar-refractivity contribution in [1.82, 2.24) is 34.8 Å². The second-order valence-electron chi connectivity index (χ2n) is 8.86. The fraction of sp³-hybridized carbons (Fsp3) is 0.333. The molecule has 0 spiro atoms. The van der Waals surface area contributed by atoms with Gasteiger partial charge in [0.05, 0.1) is 17.4 Å². The molecule has 0 amide bonds. The summed E-state index contributed by atoms with van der Waals surface area (Å²) in [4.78, 5) is 17.9. The number of nitrogens with one attached hydrogen (secondary N) is 1. The Morgan fingerprint density at radius 2 is 2.06 bits per heavy atom. The standard InChI is InChI=1S/C21H24N8O6S/c1-21(2,3)18-16-8-24-25-19(15-6-14(9-30)35-27-15)29(16)26-20(18)34-10-13-5-4-12(7-23-13)17(31)11-36(32,33)28-22/h4-8,28,30H,9-11,22H2,1-3H3. The lowest BCUT2D eigenvalue weighted by molar-refractivity contribution is 0.102. The average molecular weight is 517 g/mol. The highest BCUT2D eigenvalue weighted by Crippen LogP contribution is 2.36. The molecule has 0 saturated heterocycles. The molecule has 0 aromatic carbocycles. The van der Waals surface area contributed by atoms with Gasteiger partial charge in [0.1, 0.15) is 19.0 Å². The van der Waals surface area contributed by atoms with Crippen molar-refractivity contribution in [2.24, 2.45) is 5.84 Å². The molecule has 190 valence electrons. The first-order chi connectivity index (χ1) is 17.0. The summed E-state index contributed by atoms with van der Waals surface area (Å²) in [6, 6.07) is 4.57. The molecule has 4 aromatic rings. The number of ether oxygens (including phenoxy) is 1. The number of fused-ring (bicyclic) bond motifs is 1. The molecule has 0 aliphatic carbocycles. The quantitative estimate of drug-likeness (QED) is 0.158. The van der Waals surface area contributed by atoms with Gasteiger partial charge in [-0.25, -0.2) is 12.9 Å². The van der Waals surface area contributed by atoms with Crippen LogP contribution in [0.15, 0.2) is 35.1 Å². The van der Waals surface area contributed by atoms with Crippen LogP contribution in [0.4, 0.5) is 0 Å². The monoisotopic (exact) mass is 516 g/mol. The normalized spacial score (nSPS) is 12.2. The number of carbonyl (C=O) groups is 1. The third kappa shape index (κ3) is 5.23. The number of aliphatic hydroxyl groups excluding tert-OH is 1. The molecule has 0 bridgehead atoms. The van der Waals surface area contributed by atoms with Crippen LogP contribution in [0.5, 0.6) is 5.88 Å². The van der Waals surface area contributed by atoms with Crippen molar-refractivity contribution in [3.8, 4) is 17.4 Å². The summed E-state index contributed by atoms with van der Waals surface area (Å²) in [5.41, 5.74) is 2.00. The molecule has 4 aromatic heterocycles. The van der Waals surface area contributed by atoms with Gasteiger partial charge in [-0.05, 0) is 17.5 Å². The van der Waals surface area contributed by atoms with E-state index in [2.05, 4.69) is 25.4 Å². The maximum atomic E-state index is 12.1. The Balaban J connectivity index is 1.62. The third-order valence-electron chi connectivity index (χ3n) is 5.12. The van der Waals surface area contributed by atoms with E-state index in [0.29, 0.717) is 28.6 Å². The van der Waals surface area contributed by atoms with E-state index in [9.17, 15) is 18.3 Å². The fourth-order valence-corrected chi connectivity index (χ4v) is 4.04. The smallest absolute Gasteiger partial charge is 0.238 e. The number of carbonyl (C=O) groups excluding carboxylic acids is 1. The van der Waals surface area contributed by atoms with Crippen molar-refractivity contribution in [1.29, 1.82) is 0 Å². The lowest BCUT2D eigenvalue weighted by Gasteiger charge is -2.18. The number of nitrogens with zero attached hydrogens (tertiary/aromatic N) is 6. The summed E-state index contributed by atoms with van der Waals surface area (Å²) >= 11 is 0. The molecular formula is C21H24N8O6S. The molecule has 4 rings (SSSR count). The highest BCUT2D eigenvalue weighted by Gasteiger charge is 2.28. The van der Waals surface area contributed by atoms with Gasteiger partial charge in [-0.2, -0.15) is 9.93 Å². The minimum absolute atomic E-state index is 0.0267. The molecule has 36 heavy (non-hydrogen) atoms. The number of aromatic nitrogens is 6. The largest absolute Gasteiger partial charge is 0.470 e. The van der Waals surface area contributed by atoms with E-state index in [-0.39, 0.29) is 30.0 Å². The van der Waals surface area contributed by atoms with Crippen LogP contribution in [0.25, 0.3) is 17.0 Å². The number of ketones is 1. The number of hydrogen-bond donors (Lipinski definition) is 3. The second-order valence-corrected chi connectivity index (χ2v) is 10.6. The molecule has 0 aliphatic rings. The Kier molecular flexibility index (Phi) is 6.81. The van der Waals surface area contributed by atoms with Crippen LogP contribution in [0.3, 0.4) is 0 Å². The highest BCUT2D eigenvalue weighted by molar-refractivity contribution is 7.90. The topological polar surface area (TPSA) is 201 Å². The van der Waals surface area contributed by atoms with Crippen molar-refractivity contribution in [2.45, 2.75) is 39.4 Å². The highest BCUT2D eigenvalue weighted by atomic mass is 32.2. The molecule has 0 radical (unpaired) electrons. The number of sulfonamides is 1. The Morgan fingerprint density at radius 1 is 1.28 bits per heavy atom. The molecule has 0 atom stereocenters. The van der Waals surface area contributed by atoms with E-state index in [0.717, 1.165) is 5.56 Å². The predicted molar refractivity (Wildman–Crippen MR) is 125 cm³/mol. The lowest BCUT2D eigenvalue weighted by Crippen LogP contribution is -2.35.